The molecule has 0 N–H and O–H groups in total. The first-order valence-corrected chi connectivity index (χ1v) is 3.88. The molecule has 0 bridgehead atoms. The molecule has 0 aromatic rings. The SMILES string of the molecule is [CH2-]CN(C(C)=O)C([CH2-])CC(C)=O.[Y]. The Hall–Kier alpha value is 0.244. The van der Waals surface area contributed by atoms with Gasteiger partial charge in [0.2, 0.25) is 5.91 Å². The van der Waals surface area contributed by atoms with Crippen molar-refractivity contribution < 1.29 is 42.3 Å². The van der Waals surface area contributed by atoms with Gasteiger partial charge in [-0.15, -0.1) is 6.54 Å². The molecule has 0 aliphatic rings. The number of Topliss-reactive ketones (excluding diaryl/α,β-unsaturated/α-hetero) is 1. The first-order valence-electron chi connectivity index (χ1n) is 3.88. The van der Waals surface area contributed by atoms with Crippen molar-refractivity contribution in [1.82, 2.24) is 4.90 Å². The fraction of sp³-hybridized carbons (Fsp3) is 0.556. The van der Waals surface area contributed by atoms with Gasteiger partial charge in [-0.2, -0.15) is 0 Å². The van der Waals surface area contributed by atoms with Gasteiger partial charge in [0.05, 0.1) is 0 Å². The third kappa shape index (κ3) is 6.33. The molecule has 1 atom stereocenters. The maximum Gasteiger partial charge on any atom is 0.214 e. The van der Waals surface area contributed by atoms with E-state index in [9.17, 15) is 9.59 Å². The summed E-state index contributed by atoms with van der Waals surface area (Å²) in [7, 11) is 0. The average Bonchev–Trinajstić information content (AvgIpc) is 1.85. The van der Waals surface area contributed by atoms with Crippen LogP contribution in [0.15, 0.2) is 0 Å². The largest absolute Gasteiger partial charge is 0.400 e. The van der Waals surface area contributed by atoms with Crippen LogP contribution in [0, 0.1) is 13.8 Å². The van der Waals surface area contributed by atoms with E-state index in [4.69, 9.17) is 0 Å². The summed E-state index contributed by atoms with van der Waals surface area (Å²) in [6.07, 6.45) is 0.301. The van der Waals surface area contributed by atoms with Crippen LogP contribution in [-0.4, -0.2) is 29.2 Å². The number of rotatable bonds is 4. The summed E-state index contributed by atoms with van der Waals surface area (Å²) < 4.78 is 0. The zero-order valence-corrected chi connectivity index (χ0v) is 11.1. The molecule has 0 saturated carbocycles. The zero-order valence-electron chi connectivity index (χ0n) is 8.25. The quantitative estimate of drug-likeness (QED) is 0.701. The van der Waals surface area contributed by atoms with E-state index in [0.717, 1.165) is 0 Å². The van der Waals surface area contributed by atoms with E-state index in [1.54, 1.807) is 0 Å². The number of hydrogen-bond donors (Lipinski definition) is 0. The van der Waals surface area contributed by atoms with Crippen molar-refractivity contribution >= 4 is 11.7 Å². The number of nitrogens with zero attached hydrogens (tertiary/aromatic N) is 1. The molecule has 0 spiro atoms. The molecule has 1 amide bonds. The fourth-order valence-electron chi connectivity index (χ4n) is 1.04. The van der Waals surface area contributed by atoms with E-state index in [1.165, 1.54) is 18.7 Å². The Labute approximate surface area is 105 Å². The molecule has 0 aliphatic heterocycles. The summed E-state index contributed by atoms with van der Waals surface area (Å²) in [5.41, 5.74) is 0. The third-order valence-corrected chi connectivity index (χ3v) is 1.61. The van der Waals surface area contributed by atoms with Gasteiger partial charge in [0.25, 0.3) is 0 Å². The molecule has 0 aliphatic carbocycles. The van der Waals surface area contributed by atoms with Crippen LogP contribution in [0.3, 0.4) is 0 Å². The Kier molecular flexibility index (Phi) is 9.22. The second kappa shape index (κ2) is 7.63. The van der Waals surface area contributed by atoms with Crippen molar-refractivity contribution in [3.05, 3.63) is 13.8 Å². The van der Waals surface area contributed by atoms with Crippen LogP contribution < -0.4 is 0 Å². The maximum atomic E-state index is 10.9. The van der Waals surface area contributed by atoms with Crippen molar-refractivity contribution in [3.8, 4) is 0 Å². The summed E-state index contributed by atoms with van der Waals surface area (Å²) in [6.45, 7) is 10.6. The Morgan fingerprint density at radius 3 is 2.08 bits per heavy atom. The summed E-state index contributed by atoms with van der Waals surface area (Å²) >= 11 is 0. The van der Waals surface area contributed by atoms with Crippen molar-refractivity contribution in [2.75, 3.05) is 6.54 Å². The second-order valence-electron chi connectivity index (χ2n) is 2.77. The number of carbonyl (C=O) groups is 2. The van der Waals surface area contributed by atoms with Crippen molar-refractivity contribution in [2.45, 2.75) is 26.3 Å². The first kappa shape index (κ1) is 15.7. The van der Waals surface area contributed by atoms with Crippen molar-refractivity contribution in [1.29, 1.82) is 0 Å². The molecule has 1 radical (unpaired) electrons. The van der Waals surface area contributed by atoms with Gasteiger partial charge < -0.3 is 23.5 Å². The summed E-state index contributed by atoms with van der Waals surface area (Å²) in [5.74, 6) is -0.0547. The monoisotopic (exact) mass is 258 g/mol. The van der Waals surface area contributed by atoms with Gasteiger partial charge in [-0.1, -0.05) is 6.04 Å². The Morgan fingerprint density at radius 1 is 1.38 bits per heavy atom. The molecule has 13 heavy (non-hydrogen) atoms. The second-order valence-corrected chi connectivity index (χ2v) is 2.77. The summed E-state index contributed by atoms with van der Waals surface area (Å²) in [6, 6.07) is -0.280. The molecule has 0 heterocycles. The number of amides is 1. The van der Waals surface area contributed by atoms with Gasteiger partial charge in [0.15, 0.2) is 0 Å². The summed E-state index contributed by atoms with van der Waals surface area (Å²) in [4.78, 5) is 23.1. The van der Waals surface area contributed by atoms with Gasteiger partial charge >= 0.3 is 0 Å². The summed E-state index contributed by atoms with van der Waals surface area (Å²) in [5, 5.41) is 0. The van der Waals surface area contributed by atoms with E-state index in [0.29, 0.717) is 13.0 Å². The van der Waals surface area contributed by atoms with Crippen LogP contribution in [-0.2, 0) is 42.3 Å². The third-order valence-electron chi connectivity index (χ3n) is 1.61. The van der Waals surface area contributed by atoms with E-state index >= 15 is 0 Å². The molecule has 4 heteroatoms. The first-order chi connectivity index (χ1) is 5.49. The molecule has 0 saturated heterocycles. The maximum absolute atomic E-state index is 10.9. The van der Waals surface area contributed by atoms with E-state index in [2.05, 4.69) is 13.8 Å². The molecule has 0 fully saturated rings. The predicted molar refractivity (Wildman–Crippen MR) is 47.2 cm³/mol. The van der Waals surface area contributed by atoms with Crippen molar-refractivity contribution in [3.63, 3.8) is 0 Å². The zero-order chi connectivity index (χ0) is 9.72. The number of hydrogen-bond acceptors (Lipinski definition) is 2. The van der Waals surface area contributed by atoms with Crippen LogP contribution in [0.2, 0.25) is 0 Å². The Balaban J connectivity index is 0. The van der Waals surface area contributed by atoms with Gasteiger partial charge in [-0.25, -0.2) is 0 Å². The van der Waals surface area contributed by atoms with Crippen molar-refractivity contribution in [2.24, 2.45) is 0 Å². The molecule has 1 unspecified atom stereocenters. The molecular formula is C9H15NO2Y-2. The normalized spacial score (nSPS) is 11.4. The molecule has 0 aromatic carbocycles. The van der Waals surface area contributed by atoms with Crippen LogP contribution >= 0.6 is 0 Å². The van der Waals surface area contributed by atoms with E-state index in [1.807, 2.05) is 0 Å². The standard InChI is InChI=1S/C9H15NO2.Y/c1-5-10(9(4)12)7(2)6-8(3)11;/h7H,1-2,5-6H2,3-4H3;/q-2;. The molecule has 0 rings (SSSR count). The van der Waals surface area contributed by atoms with Gasteiger partial charge in [-0.05, 0) is 13.3 Å². The topological polar surface area (TPSA) is 37.4 Å². The number of ketones is 1. The minimum absolute atomic E-state index is 0. The minimum Gasteiger partial charge on any atom is -0.400 e. The number of carbonyl (C=O) groups excluding carboxylic acids is 2. The van der Waals surface area contributed by atoms with Gasteiger partial charge in [0, 0.05) is 39.6 Å². The van der Waals surface area contributed by atoms with E-state index in [-0.39, 0.29) is 50.4 Å². The molecular weight excluding hydrogens is 243 g/mol. The molecule has 73 valence electrons. The smallest absolute Gasteiger partial charge is 0.214 e. The van der Waals surface area contributed by atoms with Crippen LogP contribution in [0.4, 0.5) is 0 Å². The predicted octanol–water partition coefficient (Wildman–Crippen LogP) is 0.848. The molecule has 3 nitrogen and oxygen atoms in total. The van der Waals surface area contributed by atoms with Gasteiger partial charge in [0.1, 0.15) is 5.78 Å². The molecule has 0 aromatic heterocycles. The fourth-order valence-corrected chi connectivity index (χ4v) is 1.04. The Morgan fingerprint density at radius 2 is 1.85 bits per heavy atom. The average molecular weight is 258 g/mol. The van der Waals surface area contributed by atoms with Gasteiger partial charge in [-0.3, -0.25) is 4.79 Å². The van der Waals surface area contributed by atoms with Crippen LogP contribution in [0.1, 0.15) is 20.3 Å². The van der Waals surface area contributed by atoms with Crippen LogP contribution in [0.25, 0.3) is 0 Å². The Bertz CT molecular complexity index is 182. The minimum atomic E-state index is -0.280. The van der Waals surface area contributed by atoms with E-state index < -0.39 is 0 Å². The van der Waals surface area contributed by atoms with Crippen LogP contribution in [0.5, 0.6) is 0 Å².